The van der Waals surface area contributed by atoms with Crippen LogP contribution in [0.4, 0.5) is 19.0 Å². The summed E-state index contributed by atoms with van der Waals surface area (Å²) in [6.07, 6.45) is -1.42. The van der Waals surface area contributed by atoms with Gasteiger partial charge in [-0.05, 0) is 25.5 Å². The van der Waals surface area contributed by atoms with Gasteiger partial charge in [0.25, 0.3) is 0 Å². The van der Waals surface area contributed by atoms with Gasteiger partial charge in [-0.25, -0.2) is 9.97 Å². The van der Waals surface area contributed by atoms with Gasteiger partial charge in [0, 0.05) is 37.1 Å². The lowest BCUT2D eigenvalue weighted by Crippen LogP contribution is -2.32. The standard InChI is InChI=1S/C16H15F3N4O2/c1-15(14(24)25)4-7-23(9-15)12-8-11(16(17,18)19)21-13(22-12)10-2-5-20-6-3-10/h2-3,5-6,8H,4,7,9H2,1H3,(H,24,25). The third-order valence-electron chi connectivity index (χ3n) is 4.26. The zero-order valence-electron chi connectivity index (χ0n) is 13.3. The highest BCUT2D eigenvalue weighted by molar-refractivity contribution is 5.76. The molecule has 132 valence electrons. The number of aliphatic carboxylic acids is 1. The van der Waals surface area contributed by atoms with Crippen molar-refractivity contribution < 1.29 is 23.1 Å². The van der Waals surface area contributed by atoms with E-state index in [9.17, 15) is 23.1 Å². The molecule has 1 N–H and O–H groups in total. The Hall–Kier alpha value is -2.71. The van der Waals surface area contributed by atoms with Crippen LogP contribution in [-0.2, 0) is 11.0 Å². The molecule has 0 spiro atoms. The van der Waals surface area contributed by atoms with Gasteiger partial charge < -0.3 is 10.0 Å². The number of alkyl halides is 3. The molecule has 9 heteroatoms. The van der Waals surface area contributed by atoms with Gasteiger partial charge in [-0.3, -0.25) is 9.78 Å². The second-order valence-electron chi connectivity index (χ2n) is 6.21. The predicted octanol–water partition coefficient (Wildman–Crippen LogP) is 2.86. The van der Waals surface area contributed by atoms with E-state index in [4.69, 9.17) is 0 Å². The summed E-state index contributed by atoms with van der Waals surface area (Å²) >= 11 is 0. The van der Waals surface area contributed by atoms with Crippen molar-refractivity contribution in [1.82, 2.24) is 15.0 Å². The van der Waals surface area contributed by atoms with E-state index in [1.807, 2.05) is 0 Å². The van der Waals surface area contributed by atoms with E-state index in [1.54, 1.807) is 11.8 Å². The molecule has 0 saturated carbocycles. The molecule has 1 aliphatic heterocycles. The molecule has 0 bridgehead atoms. The van der Waals surface area contributed by atoms with Crippen molar-refractivity contribution in [3.8, 4) is 11.4 Å². The Labute approximate surface area is 141 Å². The first-order valence-electron chi connectivity index (χ1n) is 7.54. The van der Waals surface area contributed by atoms with E-state index in [0.29, 0.717) is 18.5 Å². The second-order valence-corrected chi connectivity index (χ2v) is 6.21. The number of pyridine rings is 1. The summed E-state index contributed by atoms with van der Waals surface area (Å²) in [5, 5.41) is 9.31. The fraction of sp³-hybridized carbons (Fsp3) is 0.375. The molecule has 3 rings (SSSR count). The second kappa shape index (κ2) is 5.98. The fourth-order valence-electron chi connectivity index (χ4n) is 2.70. The molecule has 6 nitrogen and oxygen atoms in total. The molecule has 25 heavy (non-hydrogen) atoms. The van der Waals surface area contributed by atoms with Crippen molar-refractivity contribution in [2.24, 2.45) is 5.41 Å². The molecular weight excluding hydrogens is 337 g/mol. The first-order chi connectivity index (χ1) is 11.7. The largest absolute Gasteiger partial charge is 0.481 e. The molecular formula is C16H15F3N4O2. The Morgan fingerprint density at radius 2 is 1.96 bits per heavy atom. The lowest BCUT2D eigenvalue weighted by Gasteiger charge is -2.22. The van der Waals surface area contributed by atoms with Gasteiger partial charge in [0.2, 0.25) is 0 Å². The van der Waals surface area contributed by atoms with E-state index in [0.717, 1.165) is 6.07 Å². The SMILES string of the molecule is CC1(C(=O)O)CCN(c2cc(C(F)(F)F)nc(-c3ccncc3)n2)C1. The van der Waals surface area contributed by atoms with Crippen LogP contribution in [0.2, 0.25) is 0 Å². The Balaban J connectivity index is 2.04. The highest BCUT2D eigenvalue weighted by atomic mass is 19.4. The molecule has 1 saturated heterocycles. The van der Waals surface area contributed by atoms with Gasteiger partial charge in [-0.15, -0.1) is 0 Å². The fourth-order valence-corrected chi connectivity index (χ4v) is 2.70. The number of aromatic nitrogens is 3. The number of carboxylic acid groups (broad SMARTS) is 1. The summed E-state index contributed by atoms with van der Waals surface area (Å²) in [5.41, 5.74) is -1.67. The molecule has 1 aliphatic rings. The minimum absolute atomic E-state index is 0.0686. The van der Waals surface area contributed by atoms with Gasteiger partial charge in [0.05, 0.1) is 5.41 Å². The summed E-state index contributed by atoms with van der Waals surface area (Å²) in [7, 11) is 0. The van der Waals surface area contributed by atoms with E-state index in [2.05, 4.69) is 15.0 Å². The van der Waals surface area contributed by atoms with Gasteiger partial charge >= 0.3 is 12.1 Å². The minimum Gasteiger partial charge on any atom is -0.481 e. The van der Waals surface area contributed by atoms with Gasteiger partial charge in [-0.1, -0.05) is 0 Å². The molecule has 2 aromatic rings. The maximum atomic E-state index is 13.2. The number of halogens is 3. The van der Waals surface area contributed by atoms with E-state index >= 15 is 0 Å². The zero-order valence-corrected chi connectivity index (χ0v) is 13.3. The van der Waals surface area contributed by atoms with E-state index < -0.39 is 23.3 Å². The van der Waals surface area contributed by atoms with Crippen molar-refractivity contribution in [3.05, 3.63) is 36.3 Å². The van der Waals surface area contributed by atoms with E-state index in [-0.39, 0.29) is 18.2 Å². The van der Waals surface area contributed by atoms with Crippen LogP contribution in [0.25, 0.3) is 11.4 Å². The van der Waals surface area contributed by atoms with Crippen LogP contribution in [0, 0.1) is 5.41 Å². The maximum absolute atomic E-state index is 13.2. The Bertz CT molecular complexity index is 798. The topological polar surface area (TPSA) is 79.2 Å². The maximum Gasteiger partial charge on any atom is 0.433 e. The summed E-state index contributed by atoms with van der Waals surface area (Å²) in [6, 6.07) is 3.90. The predicted molar refractivity (Wildman–Crippen MR) is 82.8 cm³/mol. The van der Waals surface area contributed by atoms with Gasteiger partial charge in [0.15, 0.2) is 11.5 Å². The third kappa shape index (κ3) is 3.40. The average Bonchev–Trinajstić information content (AvgIpc) is 2.98. The van der Waals surface area contributed by atoms with Crippen molar-refractivity contribution >= 4 is 11.8 Å². The molecule has 0 aromatic carbocycles. The summed E-state index contributed by atoms with van der Waals surface area (Å²) in [5.74, 6) is -0.982. The quantitative estimate of drug-likeness (QED) is 0.915. The number of rotatable bonds is 3. The highest BCUT2D eigenvalue weighted by Crippen LogP contribution is 2.36. The van der Waals surface area contributed by atoms with Crippen molar-refractivity contribution in [2.45, 2.75) is 19.5 Å². The van der Waals surface area contributed by atoms with Gasteiger partial charge in [0.1, 0.15) is 5.82 Å². The van der Waals surface area contributed by atoms with Crippen molar-refractivity contribution in [1.29, 1.82) is 0 Å². The van der Waals surface area contributed by atoms with Crippen molar-refractivity contribution in [2.75, 3.05) is 18.0 Å². The van der Waals surface area contributed by atoms with Crippen LogP contribution in [0.1, 0.15) is 19.0 Å². The normalized spacial score (nSPS) is 20.7. The lowest BCUT2D eigenvalue weighted by atomic mass is 9.90. The first-order valence-corrected chi connectivity index (χ1v) is 7.54. The smallest absolute Gasteiger partial charge is 0.433 e. The van der Waals surface area contributed by atoms with Crippen molar-refractivity contribution in [3.63, 3.8) is 0 Å². The number of carboxylic acids is 1. The molecule has 3 heterocycles. The highest BCUT2D eigenvalue weighted by Gasteiger charge is 2.42. The third-order valence-corrected chi connectivity index (χ3v) is 4.26. The van der Waals surface area contributed by atoms with Crippen LogP contribution in [0.3, 0.4) is 0 Å². The van der Waals surface area contributed by atoms with Crippen LogP contribution < -0.4 is 4.90 Å². The van der Waals surface area contributed by atoms with E-state index in [1.165, 1.54) is 24.5 Å². The Morgan fingerprint density at radius 1 is 1.28 bits per heavy atom. The molecule has 0 aliphatic carbocycles. The van der Waals surface area contributed by atoms with Crippen LogP contribution in [0.5, 0.6) is 0 Å². The molecule has 1 fully saturated rings. The van der Waals surface area contributed by atoms with Crippen LogP contribution in [-0.4, -0.2) is 39.1 Å². The number of hydrogen-bond acceptors (Lipinski definition) is 5. The number of nitrogens with zero attached hydrogens (tertiary/aromatic N) is 4. The minimum atomic E-state index is -4.63. The number of anilines is 1. The summed E-state index contributed by atoms with van der Waals surface area (Å²) in [4.78, 5) is 24.6. The Morgan fingerprint density at radius 3 is 2.52 bits per heavy atom. The van der Waals surface area contributed by atoms with Crippen LogP contribution >= 0.6 is 0 Å². The molecule has 0 radical (unpaired) electrons. The molecule has 2 aromatic heterocycles. The van der Waals surface area contributed by atoms with Crippen LogP contribution in [0.15, 0.2) is 30.6 Å². The first kappa shape index (κ1) is 17.1. The lowest BCUT2D eigenvalue weighted by molar-refractivity contribution is -0.146. The summed E-state index contributed by atoms with van der Waals surface area (Å²) < 4.78 is 39.6. The molecule has 1 unspecified atom stereocenters. The average molecular weight is 352 g/mol. The Kier molecular flexibility index (Phi) is 4.09. The number of hydrogen-bond donors (Lipinski definition) is 1. The number of carbonyl (C=O) groups is 1. The molecule has 0 amide bonds. The van der Waals surface area contributed by atoms with Gasteiger partial charge in [-0.2, -0.15) is 13.2 Å². The zero-order chi connectivity index (χ0) is 18.2. The summed E-state index contributed by atoms with van der Waals surface area (Å²) in [6.45, 7) is 1.98. The monoisotopic (exact) mass is 352 g/mol. The molecule has 1 atom stereocenters.